The summed E-state index contributed by atoms with van der Waals surface area (Å²) in [7, 11) is 0. The minimum absolute atomic E-state index is 1.18. The van der Waals surface area contributed by atoms with Crippen LogP contribution < -0.4 is 0 Å². The highest BCUT2D eigenvalue weighted by Gasteiger charge is 1.81. The summed E-state index contributed by atoms with van der Waals surface area (Å²) in [4.78, 5) is 0. The number of rotatable bonds is 0. The van der Waals surface area contributed by atoms with Gasteiger partial charge in [-0.25, -0.2) is 0 Å². The van der Waals surface area contributed by atoms with E-state index in [0.29, 0.717) is 0 Å². The Morgan fingerprint density at radius 2 is 2.33 bits per heavy atom. The third-order valence-electron chi connectivity index (χ3n) is 0.810. The second kappa shape index (κ2) is 1.84. The Balaban J connectivity index is 2.53. The maximum atomic E-state index is 2.98. The van der Waals surface area contributed by atoms with Gasteiger partial charge < -0.3 is 0 Å². The molecule has 0 nitrogen and oxygen atoms in total. The Hall–Kier alpha value is -0.480. The van der Waals surface area contributed by atoms with Crippen molar-refractivity contribution in [1.82, 2.24) is 0 Å². The van der Waals surface area contributed by atoms with E-state index in [1.165, 1.54) is 12.8 Å². The van der Waals surface area contributed by atoms with E-state index < -0.39 is 0 Å². The third-order valence-corrected chi connectivity index (χ3v) is 0.810. The lowest BCUT2D eigenvalue weighted by Crippen LogP contribution is -1.71. The van der Waals surface area contributed by atoms with Crippen molar-refractivity contribution in [2.24, 2.45) is 0 Å². The van der Waals surface area contributed by atoms with Gasteiger partial charge in [0.1, 0.15) is 0 Å². The first-order valence-electron chi connectivity index (χ1n) is 2.23. The van der Waals surface area contributed by atoms with Crippen LogP contribution in [0.4, 0.5) is 0 Å². The Kier molecular flexibility index (Phi) is 1.13. The molecule has 0 aromatic heterocycles. The summed E-state index contributed by atoms with van der Waals surface area (Å²) >= 11 is 0. The zero-order chi connectivity index (χ0) is 4.24. The van der Waals surface area contributed by atoms with E-state index in [2.05, 4.69) is 18.2 Å². The molecule has 6 heavy (non-hydrogen) atoms. The molecule has 31 valence electrons. The average molecular weight is 79.1 g/mol. The highest BCUT2D eigenvalue weighted by Crippen LogP contribution is 1.99. The molecular formula is C6H7. The summed E-state index contributed by atoms with van der Waals surface area (Å²) in [5, 5.41) is 0. The maximum Gasteiger partial charge on any atom is -0.00852 e. The molecule has 1 radical (unpaired) electrons. The van der Waals surface area contributed by atoms with Gasteiger partial charge in [-0.05, 0) is 31.4 Å². The molecular weight excluding hydrogens is 72.1 g/mol. The van der Waals surface area contributed by atoms with E-state index in [1.54, 1.807) is 0 Å². The summed E-state index contributed by atoms with van der Waals surface area (Å²) < 4.78 is 0. The average Bonchev–Trinajstić information content (AvgIpc) is 1.72. The Bertz CT molecular complexity index is 76.2. The molecule has 0 N–H and O–H groups in total. The van der Waals surface area contributed by atoms with E-state index in [0.717, 1.165) is 0 Å². The molecule has 0 heterocycles. The van der Waals surface area contributed by atoms with Crippen molar-refractivity contribution in [1.29, 1.82) is 0 Å². The van der Waals surface area contributed by atoms with E-state index in [-0.39, 0.29) is 0 Å². The molecule has 0 aliphatic heterocycles. The van der Waals surface area contributed by atoms with Crippen molar-refractivity contribution in [2.75, 3.05) is 0 Å². The molecule has 0 unspecified atom stereocenters. The van der Waals surface area contributed by atoms with Crippen LogP contribution in [0.25, 0.3) is 0 Å². The predicted octanol–water partition coefficient (Wildman–Crippen LogP) is 1.70. The first kappa shape index (κ1) is 3.70. The van der Waals surface area contributed by atoms with Crippen molar-refractivity contribution in [3.8, 4) is 0 Å². The van der Waals surface area contributed by atoms with Crippen molar-refractivity contribution >= 4 is 0 Å². The predicted molar refractivity (Wildman–Crippen MR) is 26.2 cm³/mol. The van der Waals surface area contributed by atoms with Gasteiger partial charge in [0.25, 0.3) is 0 Å². The van der Waals surface area contributed by atoms with Crippen molar-refractivity contribution in [3.63, 3.8) is 0 Å². The lowest BCUT2D eigenvalue weighted by molar-refractivity contribution is 0.990. The minimum Gasteiger partial charge on any atom is -0.129 e. The van der Waals surface area contributed by atoms with Crippen LogP contribution in [0.5, 0.6) is 0 Å². The number of hydrogen-bond donors (Lipinski definition) is 0. The lowest BCUT2D eigenvalue weighted by Gasteiger charge is -1.88. The Morgan fingerprint density at radius 3 is 2.50 bits per heavy atom. The zero-order valence-electron chi connectivity index (χ0n) is 3.65. The normalized spacial score (nSPS) is 18.7. The van der Waals surface area contributed by atoms with Gasteiger partial charge in [-0.1, -0.05) is 0 Å². The third kappa shape index (κ3) is 0.734. The number of hydrogen-bond acceptors (Lipinski definition) is 0. The molecule has 0 spiro atoms. The molecule has 0 amide bonds. The van der Waals surface area contributed by atoms with E-state index in [9.17, 15) is 0 Å². The van der Waals surface area contributed by atoms with Gasteiger partial charge in [0, 0.05) is 0 Å². The summed E-state index contributed by atoms with van der Waals surface area (Å²) in [5.41, 5.74) is 2.98. The first-order valence-corrected chi connectivity index (χ1v) is 2.23. The van der Waals surface area contributed by atoms with Gasteiger partial charge in [0.05, 0.1) is 0 Å². The minimum atomic E-state index is 1.18. The molecule has 0 aromatic carbocycles. The van der Waals surface area contributed by atoms with Crippen LogP contribution in [0, 0.1) is 6.42 Å². The molecule has 1 aliphatic carbocycles. The molecule has 0 saturated heterocycles. The van der Waals surface area contributed by atoms with Gasteiger partial charge >= 0.3 is 0 Å². The highest BCUT2D eigenvalue weighted by atomic mass is 13.9. The van der Waals surface area contributed by atoms with Gasteiger partial charge in [0.15, 0.2) is 0 Å². The SMILES string of the molecule is C1=C[CH]CCC=1. The van der Waals surface area contributed by atoms with Gasteiger partial charge in [-0.2, -0.15) is 0 Å². The molecule has 0 aromatic rings. The maximum absolute atomic E-state index is 2.98. The summed E-state index contributed by atoms with van der Waals surface area (Å²) in [6.45, 7) is 0. The molecule has 0 atom stereocenters. The second-order valence-corrected chi connectivity index (χ2v) is 1.35. The van der Waals surface area contributed by atoms with E-state index in [4.69, 9.17) is 0 Å². The van der Waals surface area contributed by atoms with Crippen LogP contribution >= 0.6 is 0 Å². The van der Waals surface area contributed by atoms with Crippen LogP contribution in [0.2, 0.25) is 0 Å². The smallest absolute Gasteiger partial charge is 0.00852 e. The Morgan fingerprint density at radius 1 is 1.33 bits per heavy atom. The fourth-order valence-corrected chi connectivity index (χ4v) is 0.482. The summed E-state index contributed by atoms with van der Waals surface area (Å²) in [6.07, 6.45) is 8.52. The fourth-order valence-electron chi connectivity index (χ4n) is 0.482. The second-order valence-electron chi connectivity index (χ2n) is 1.35. The largest absolute Gasteiger partial charge is 0.129 e. The van der Waals surface area contributed by atoms with Crippen LogP contribution in [0.15, 0.2) is 17.9 Å². The van der Waals surface area contributed by atoms with Gasteiger partial charge in [-0.3, -0.25) is 0 Å². The molecule has 1 aliphatic rings. The molecule has 0 bridgehead atoms. The van der Waals surface area contributed by atoms with E-state index in [1.807, 2.05) is 6.08 Å². The first-order chi connectivity index (χ1) is 3.00. The quantitative estimate of drug-likeness (QED) is 0.388. The molecule has 0 saturated carbocycles. The summed E-state index contributed by atoms with van der Waals surface area (Å²) in [5.74, 6) is 0. The molecule has 0 heteroatoms. The fraction of sp³-hybridized carbons (Fsp3) is 0.333. The standard InChI is InChI=1S/C6H7/c1-2-4-6-5-3-1/h1-2,6H,3,5H2. The lowest BCUT2D eigenvalue weighted by atomic mass is 10.2. The van der Waals surface area contributed by atoms with Crippen molar-refractivity contribution < 1.29 is 0 Å². The van der Waals surface area contributed by atoms with Crippen LogP contribution in [0.3, 0.4) is 0 Å². The van der Waals surface area contributed by atoms with E-state index >= 15 is 0 Å². The number of allylic oxidation sites excluding steroid dienone is 1. The highest BCUT2D eigenvalue weighted by molar-refractivity contribution is 5.00. The zero-order valence-corrected chi connectivity index (χ0v) is 3.65. The van der Waals surface area contributed by atoms with Crippen molar-refractivity contribution in [2.45, 2.75) is 12.8 Å². The molecule has 0 fully saturated rings. The van der Waals surface area contributed by atoms with Crippen LogP contribution in [-0.2, 0) is 0 Å². The van der Waals surface area contributed by atoms with Crippen LogP contribution in [0.1, 0.15) is 12.8 Å². The van der Waals surface area contributed by atoms with Crippen LogP contribution in [-0.4, -0.2) is 0 Å². The van der Waals surface area contributed by atoms with Crippen molar-refractivity contribution in [3.05, 3.63) is 24.3 Å². The summed E-state index contributed by atoms with van der Waals surface area (Å²) in [6, 6.07) is 0. The van der Waals surface area contributed by atoms with Gasteiger partial charge in [0.2, 0.25) is 0 Å². The van der Waals surface area contributed by atoms with Gasteiger partial charge in [-0.15, -0.1) is 5.73 Å². The molecule has 1 rings (SSSR count). The Labute approximate surface area is 38.2 Å². The monoisotopic (exact) mass is 79.1 g/mol. The topological polar surface area (TPSA) is 0 Å².